The standard InChI is InChI=1S/C22H18N4O3S2/c1-14(21(27)23-15-9-10-17-18(12-15)29-13-28-17)31-22-25-24-20(19-8-5-11-30-19)26(22)16-6-3-2-4-7-16/h2-12,14H,13H2,1H3,(H,23,27)/t14-/m0/s1. The topological polar surface area (TPSA) is 78.3 Å². The van der Waals surface area contributed by atoms with E-state index in [0.717, 1.165) is 16.4 Å². The molecule has 4 aromatic rings. The Morgan fingerprint density at radius 1 is 1.10 bits per heavy atom. The maximum atomic E-state index is 12.8. The van der Waals surface area contributed by atoms with Crippen LogP contribution in [0.2, 0.25) is 0 Å². The average Bonchev–Trinajstić information content (AvgIpc) is 3.54. The molecule has 0 radical (unpaired) electrons. The Kier molecular flexibility index (Phi) is 5.35. The highest BCUT2D eigenvalue weighted by Crippen LogP contribution is 2.35. The summed E-state index contributed by atoms with van der Waals surface area (Å²) in [6.45, 7) is 2.04. The first kappa shape index (κ1) is 19.7. The van der Waals surface area contributed by atoms with E-state index in [2.05, 4.69) is 15.5 Å². The summed E-state index contributed by atoms with van der Waals surface area (Å²) in [5.41, 5.74) is 1.60. The number of rotatable bonds is 6. The normalized spacial score (nSPS) is 13.2. The van der Waals surface area contributed by atoms with Gasteiger partial charge in [0.15, 0.2) is 22.5 Å². The third-order valence-electron chi connectivity index (χ3n) is 4.68. The molecule has 5 rings (SSSR count). The molecule has 31 heavy (non-hydrogen) atoms. The molecule has 0 unspecified atom stereocenters. The van der Waals surface area contributed by atoms with Crippen molar-refractivity contribution < 1.29 is 14.3 Å². The molecular weight excluding hydrogens is 432 g/mol. The number of nitrogens with one attached hydrogen (secondary N) is 1. The first-order valence-corrected chi connectivity index (χ1v) is 11.4. The van der Waals surface area contributed by atoms with Crippen molar-refractivity contribution >= 4 is 34.7 Å². The lowest BCUT2D eigenvalue weighted by molar-refractivity contribution is -0.115. The number of hydrogen-bond donors (Lipinski definition) is 1. The lowest BCUT2D eigenvalue weighted by Gasteiger charge is -2.14. The highest BCUT2D eigenvalue weighted by molar-refractivity contribution is 8.00. The van der Waals surface area contributed by atoms with Crippen molar-refractivity contribution in [2.24, 2.45) is 0 Å². The molecule has 2 aromatic heterocycles. The molecule has 156 valence electrons. The quantitative estimate of drug-likeness (QED) is 0.424. The van der Waals surface area contributed by atoms with Crippen LogP contribution in [0.4, 0.5) is 5.69 Å². The number of amides is 1. The Bertz CT molecular complexity index is 1210. The van der Waals surface area contributed by atoms with Crippen LogP contribution in [0.3, 0.4) is 0 Å². The molecule has 0 aliphatic carbocycles. The first-order chi connectivity index (χ1) is 15.2. The fourth-order valence-electron chi connectivity index (χ4n) is 3.15. The molecular formula is C22H18N4O3S2. The van der Waals surface area contributed by atoms with E-state index in [1.807, 2.05) is 59.3 Å². The van der Waals surface area contributed by atoms with Crippen molar-refractivity contribution in [2.75, 3.05) is 12.1 Å². The van der Waals surface area contributed by atoms with Crippen molar-refractivity contribution in [3.63, 3.8) is 0 Å². The van der Waals surface area contributed by atoms with E-state index >= 15 is 0 Å². The van der Waals surface area contributed by atoms with Gasteiger partial charge < -0.3 is 14.8 Å². The number of thiophene rings is 1. The molecule has 3 heterocycles. The van der Waals surface area contributed by atoms with Crippen molar-refractivity contribution in [3.8, 4) is 27.9 Å². The molecule has 7 nitrogen and oxygen atoms in total. The van der Waals surface area contributed by atoms with Gasteiger partial charge in [0.25, 0.3) is 0 Å². The number of anilines is 1. The summed E-state index contributed by atoms with van der Waals surface area (Å²) in [6.07, 6.45) is 0. The Morgan fingerprint density at radius 2 is 1.94 bits per heavy atom. The number of fused-ring (bicyclic) bond motifs is 1. The van der Waals surface area contributed by atoms with Gasteiger partial charge in [-0.15, -0.1) is 21.5 Å². The zero-order valence-corrected chi connectivity index (χ0v) is 18.2. The minimum absolute atomic E-state index is 0.135. The molecule has 2 aromatic carbocycles. The predicted octanol–water partition coefficient (Wildman–Crippen LogP) is 4.84. The fraction of sp³-hybridized carbons (Fsp3) is 0.136. The molecule has 0 saturated carbocycles. The number of benzene rings is 2. The molecule has 1 amide bonds. The highest BCUT2D eigenvalue weighted by Gasteiger charge is 2.23. The van der Waals surface area contributed by atoms with Gasteiger partial charge >= 0.3 is 0 Å². The fourth-order valence-corrected chi connectivity index (χ4v) is 4.72. The van der Waals surface area contributed by atoms with Crippen LogP contribution in [0.25, 0.3) is 16.4 Å². The molecule has 1 aliphatic heterocycles. The van der Waals surface area contributed by atoms with E-state index in [1.165, 1.54) is 11.8 Å². The van der Waals surface area contributed by atoms with Gasteiger partial charge in [-0.2, -0.15) is 0 Å². The summed E-state index contributed by atoms with van der Waals surface area (Å²) in [7, 11) is 0. The number of aromatic nitrogens is 3. The average molecular weight is 451 g/mol. The Hall–Kier alpha value is -3.30. The smallest absolute Gasteiger partial charge is 0.237 e. The van der Waals surface area contributed by atoms with E-state index < -0.39 is 5.25 Å². The first-order valence-electron chi connectivity index (χ1n) is 9.61. The van der Waals surface area contributed by atoms with Crippen LogP contribution in [0, 0.1) is 0 Å². The van der Waals surface area contributed by atoms with E-state index in [1.54, 1.807) is 29.5 Å². The largest absolute Gasteiger partial charge is 0.454 e. The number of para-hydroxylation sites is 1. The van der Waals surface area contributed by atoms with Gasteiger partial charge in [-0.05, 0) is 42.6 Å². The lowest BCUT2D eigenvalue weighted by atomic mass is 10.2. The maximum Gasteiger partial charge on any atom is 0.237 e. The molecule has 1 atom stereocenters. The van der Waals surface area contributed by atoms with Crippen LogP contribution in [0.15, 0.2) is 71.2 Å². The highest BCUT2D eigenvalue weighted by atomic mass is 32.2. The van der Waals surface area contributed by atoms with Gasteiger partial charge in [-0.3, -0.25) is 9.36 Å². The second-order valence-corrected chi connectivity index (χ2v) is 9.03. The van der Waals surface area contributed by atoms with Crippen molar-refractivity contribution in [1.82, 2.24) is 14.8 Å². The van der Waals surface area contributed by atoms with E-state index in [9.17, 15) is 4.79 Å². The molecule has 1 aliphatic rings. The van der Waals surface area contributed by atoms with Gasteiger partial charge in [0.2, 0.25) is 12.7 Å². The van der Waals surface area contributed by atoms with Gasteiger partial charge in [0, 0.05) is 17.4 Å². The zero-order chi connectivity index (χ0) is 21.2. The van der Waals surface area contributed by atoms with Crippen LogP contribution in [0.1, 0.15) is 6.92 Å². The summed E-state index contributed by atoms with van der Waals surface area (Å²) in [4.78, 5) is 13.9. The monoisotopic (exact) mass is 450 g/mol. The van der Waals surface area contributed by atoms with E-state index in [4.69, 9.17) is 9.47 Å². The molecule has 0 bridgehead atoms. The van der Waals surface area contributed by atoms with Gasteiger partial charge in [-0.25, -0.2) is 0 Å². The summed E-state index contributed by atoms with van der Waals surface area (Å²) < 4.78 is 12.7. The number of carbonyl (C=O) groups excluding carboxylic acids is 1. The van der Waals surface area contributed by atoms with Crippen LogP contribution >= 0.6 is 23.1 Å². The second-order valence-electron chi connectivity index (χ2n) is 6.77. The molecule has 9 heteroatoms. The van der Waals surface area contributed by atoms with Crippen molar-refractivity contribution in [2.45, 2.75) is 17.3 Å². The SMILES string of the molecule is C[C@H](Sc1nnc(-c2cccs2)n1-c1ccccc1)C(=O)Nc1ccc2c(c1)OCO2. The zero-order valence-electron chi connectivity index (χ0n) is 16.5. The lowest BCUT2D eigenvalue weighted by Crippen LogP contribution is -2.22. The summed E-state index contributed by atoms with van der Waals surface area (Å²) >= 11 is 2.96. The Morgan fingerprint density at radius 3 is 2.74 bits per heavy atom. The minimum Gasteiger partial charge on any atom is -0.454 e. The predicted molar refractivity (Wildman–Crippen MR) is 121 cm³/mol. The molecule has 0 fully saturated rings. The maximum absolute atomic E-state index is 12.8. The third-order valence-corrected chi connectivity index (χ3v) is 6.59. The van der Waals surface area contributed by atoms with Crippen molar-refractivity contribution in [3.05, 3.63) is 66.0 Å². The van der Waals surface area contributed by atoms with E-state index in [-0.39, 0.29) is 12.7 Å². The third kappa shape index (κ3) is 4.01. The van der Waals surface area contributed by atoms with Crippen LogP contribution in [-0.2, 0) is 4.79 Å². The summed E-state index contributed by atoms with van der Waals surface area (Å²) in [5, 5.41) is 14.0. The number of carbonyl (C=O) groups is 1. The molecule has 0 saturated heterocycles. The summed E-state index contributed by atoms with van der Waals surface area (Å²) in [6, 6.07) is 19.3. The Labute approximate surface area is 187 Å². The Balaban J connectivity index is 1.38. The summed E-state index contributed by atoms with van der Waals surface area (Å²) in [5.74, 6) is 1.93. The van der Waals surface area contributed by atoms with Crippen LogP contribution in [-0.4, -0.2) is 32.7 Å². The molecule has 1 N–H and O–H groups in total. The molecule has 0 spiro atoms. The number of thioether (sulfide) groups is 1. The van der Waals surface area contributed by atoms with Crippen LogP contribution in [0.5, 0.6) is 11.5 Å². The van der Waals surface area contributed by atoms with Gasteiger partial charge in [-0.1, -0.05) is 36.0 Å². The van der Waals surface area contributed by atoms with Gasteiger partial charge in [0.1, 0.15) is 0 Å². The second kappa shape index (κ2) is 8.44. The number of ether oxygens (including phenoxy) is 2. The number of hydrogen-bond acceptors (Lipinski definition) is 7. The van der Waals surface area contributed by atoms with Crippen molar-refractivity contribution in [1.29, 1.82) is 0 Å². The van der Waals surface area contributed by atoms with Gasteiger partial charge in [0.05, 0.1) is 10.1 Å². The number of nitrogens with zero attached hydrogens (tertiary/aromatic N) is 3. The minimum atomic E-state index is -0.395. The van der Waals surface area contributed by atoms with E-state index in [0.29, 0.717) is 22.3 Å². The van der Waals surface area contributed by atoms with Crippen LogP contribution < -0.4 is 14.8 Å².